The molecule has 162 valence electrons. The van der Waals surface area contributed by atoms with Crippen LogP contribution in [0.5, 0.6) is 0 Å². The first kappa shape index (κ1) is 20.2. The van der Waals surface area contributed by atoms with Gasteiger partial charge in [-0.15, -0.1) is 0 Å². The number of nitrogens with one attached hydrogen (secondary N) is 2. The van der Waals surface area contributed by atoms with Crippen molar-refractivity contribution in [2.75, 3.05) is 43.1 Å². The molecule has 2 fully saturated rings. The van der Waals surface area contributed by atoms with E-state index in [1.165, 1.54) is 0 Å². The lowest BCUT2D eigenvalue weighted by Gasteiger charge is -2.29. The summed E-state index contributed by atoms with van der Waals surface area (Å²) in [6, 6.07) is 14.8. The van der Waals surface area contributed by atoms with Gasteiger partial charge in [-0.1, -0.05) is 41.9 Å². The second kappa shape index (κ2) is 8.44. The number of nitrogens with zero attached hydrogens (tertiary/aromatic N) is 2. The van der Waals surface area contributed by atoms with E-state index < -0.39 is 0 Å². The van der Waals surface area contributed by atoms with Gasteiger partial charge in [-0.2, -0.15) is 0 Å². The largest absolute Gasteiger partial charge is 0.381 e. The molecule has 1 aromatic heterocycles. The van der Waals surface area contributed by atoms with E-state index in [-0.39, 0.29) is 5.91 Å². The first-order valence-corrected chi connectivity index (χ1v) is 11.2. The van der Waals surface area contributed by atoms with Gasteiger partial charge in [0.2, 0.25) is 5.91 Å². The molecule has 2 aromatic carbocycles. The first-order chi connectivity index (χ1) is 15.1. The molecule has 3 aromatic rings. The van der Waals surface area contributed by atoms with Crippen molar-refractivity contribution in [3.8, 4) is 11.3 Å². The zero-order valence-corrected chi connectivity index (χ0v) is 18.4. The van der Waals surface area contributed by atoms with E-state index in [1.54, 1.807) is 0 Å². The van der Waals surface area contributed by atoms with Gasteiger partial charge in [0.05, 0.1) is 29.1 Å². The molecule has 0 aliphatic carbocycles. The van der Waals surface area contributed by atoms with E-state index in [0.29, 0.717) is 24.2 Å². The number of benzene rings is 2. The summed E-state index contributed by atoms with van der Waals surface area (Å²) in [6.07, 6.45) is 1.95. The predicted molar refractivity (Wildman–Crippen MR) is 126 cm³/mol. The summed E-state index contributed by atoms with van der Waals surface area (Å²) < 4.78 is 7.77. The van der Waals surface area contributed by atoms with Crippen LogP contribution in [-0.2, 0) is 16.6 Å². The molecule has 6 nitrogen and oxygen atoms in total. The third-order valence-electron chi connectivity index (χ3n) is 6.21. The third kappa shape index (κ3) is 3.86. The van der Waals surface area contributed by atoms with Crippen molar-refractivity contribution in [1.82, 2.24) is 9.88 Å². The molecule has 5 rings (SSSR count). The van der Waals surface area contributed by atoms with Gasteiger partial charge < -0.3 is 24.8 Å². The van der Waals surface area contributed by atoms with Crippen LogP contribution in [0.2, 0.25) is 5.02 Å². The standard InChI is InChI=1S/C24H27ClN4O2/c1-28-22(16-5-3-2-4-6-16)24(29-10-9-26-21(30)15-29)19-13-17(25)14-20(23(19)28)27-18-7-11-31-12-8-18/h2-6,13-14,18,27H,7-12,15H2,1H3,(H,26,30). The number of ether oxygens (including phenoxy) is 1. The van der Waals surface area contributed by atoms with E-state index >= 15 is 0 Å². The Bertz CT molecular complexity index is 1110. The number of piperazine rings is 1. The molecule has 2 aliphatic rings. The Morgan fingerprint density at radius 2 is 1.94 bits per heavy atom. The Morgan fingerprint density at radius 1 is 1.16 bits per heavy atom. The minimum Gasteiger partial charge on any atom is -0.381 e. The van der Waals surface area contributed by atoms with Crippen molar-refractivity contribution in [3.63, 3.8) is 0 Å². The highest BCUT2D eigenvalue weighted by atomic mass is 35.5. The molecule has 0 saturated carbocycles. The average molecular weight is 439 g/mol. The van der Waals surface area contributed by atoms with Gasteiger partial charge in [-0.25, -0.2) is 0 Å². The molecule has 0 unspecified atom stereocenters. The highest BCUT2D eigenvalue weighted by Gasteiger charge is 2.27. The highest BCUT2D eigenvalue weighted by Crippen LogP contribution is 2.44. The van der Waals surface area contributed by atoms with Crippen LogP contribution in [0, 0.1) is 0 Å². The van der Waals surface area contributed by atoms with Crippen molar-refractivity contribution in [3.05, 3.63) is 47.5 Å². The lowest BCUT2D eigenvalue weighted by Crippen LogP contribution is -2.47. The van der Waals surface area contributed by atoms with Crippen LogP contribution < -0.4 is 15.5 Å². The molecule has 7 heteroatoms. The zero-order chi connectivity index (χ0) is 21.4. The molecule has 0 radical (unpaired) electrons. The summed E-state index contributed by atoms with van der Waals surface area (Å²) in [5, 5.41) is 8.42. The number of aryl methyl sites for hydroxylation is 1. The van der Waals surface area contributed by atoms with Crippen molar-refractivity contribution < 1.29 is 9.53 Å². The molecule has 2 aliphatic heterocycles. The van der Waals surface area contributed by atoms with Gasteiger partial charge >= 0.3 is 0 Å². The second-order valence-electron chi connectivity index (χ2n) is 8.27. The smallest absolute Gasteiger partial charge is 0.239 e. The van der Waals surface area contributed by atoms with Crippen LogP contribution in [0.4, 0.5) is 11.4 Å². The quantitative estimate of drug-likeness (QED) is 0.645. The van der Waals surface area contributed by atoms with Crippen molar-refractivity contribution >= 4 is 39.8 Å². The Hall–Kier alpha value is -2.70. The topological polar surface area (TPSA) is 58.5 Å². The molecule has 2 saturated heterocycles. The summed E-state index contributed by atoms with van der Waals surface area (Å²) in [5.41, 5.74) is 5.42. The maximum atomic E-state index is 12.2. The van der Waals surface area contributed by atoms with E-state index in [9.17, 15) is 4.79 Å². The number of hydrogen-bond donors (Lipinski definition) is 2. The van der Waals surface area contributed by atoms with Gasteiger partial charge in [0.25, 0.3) is 0 Å². The van der Waals surface area contributed by atoms with Gasteiger partial charge in [0.15, 0.2) is 0 Å². The van der Waals surface area contributed by atoms with Crippen molar-refractivity contribution in [1.29, 1.82) is 0 Å². The number of halogens is 1. The summed E-state index contributed by atoms with van der Waals surface area (Å²) in [4.78, 5) is 14.4. The fraction of sp³-hybridized carbons (Fsp3) is 0.375. The Labute approximate surface area is 187 Å². The number of aromatic nitrogens is 1. The van der Waals surface area contributed by atoms with Gasteiger partial charge in [-0.3, -0.25) is 4.79 Å². The maximum Gasteiger partial charge on any atom is 0.239 e. The molecule has 0 bridgehead atoms. The molecule has 0 spiro atoms. The number of carbonyl (C=O) groups is 1. The first-order valence-electron chi connectivity index (χ1n) is 10.8. The zero-order valence-electron chi connectivity index (χ0n) is 17.7. The molecular weight excluding hydrogens is 412 g/mol. The van der Waals surface area contributed by atoms with Gasteiger partial charge in [0.1, 0.15) is 0 Å². The van der Waals surface area contributed by atoms with Crippen LogP contribution in [0.25, 0.3) is 22.2 Å². The minimum atomic E-state index is 0.0462. The number of rotatable bonds is 4. The van der Waals surface area contributed by atoms with Crippen LogP contribution in [0.15, 0.2) is 42.5 Å². The van der Waals surface area contributed by atoms with Crippen LogP contribution in [-0.4, -0.2) is 49.4 Å². The lowest BCUT2D eigenvalue weighted by atomic mass is 10.1. The number of carbonyl (C=O) groups excluding carboxylic acids is 1. The van der Waals surface area contributed by atoms with Crippen molar-refractivity contribution in [2.24, 2.45) is 7.05 Å². The Balaban J connectivity index is 1.71. The fourth-order valence-electron chi connectivity index (χ4n) is 4.79. The predicted octanol–water partition coefficient (Wildman–Crippen LogP) is 4.03. The van der Waals surface area contributed by atoms with Crippen molar-refractivity contribution in [2.45, 2.75) is 18.9 Å². The lowest BCUT2D eigenvalue weighted by molar-refractivity contribution is -0.120. The van der Waals surface area contributed by atoms with E-state index in [1.807, 2.05) is 30.3 Å². The van der Waals surface area contributed by atoms with E-state index in [4.69, 9.17) is 16.3 Å². The summed E-state index contributed by atoms with van der Waals surface area (Å²) >= 11 is 6.62. The van der Waals surface area contributed by atoms with E-state index in [2.05, 4.69) is 39.3 Å². The minimum absolute atomic E-state index is 0.0462. The number of anilines is 2. The molecular formula is C24H27ClN4O2. The Morgan fingerprint density at radius 3 is 2.68 bits per heavy atom. The van der Waals surface area contributed by atoms with Crippen LogP contribution in [0.3, 0.4) is 0 Å². The summed E-state index contributed by atoms with van der Waals surface area (Å²) in [5.74, 6) is 0.0462. The Kier molecular flexibility index (Phi) is 5.50. The fourth-order valence-corrected chi connectivity index (χ4v) is 5.01. The maximum absolute atomic E-state index is 12.2. The van der Waals surface area contributed by atoms with E-state index in [0.717, 1.165) is 66.1 Å². The average Bonchev–Trinajstić information content (AvgIpc) is 3.07. The number of amides is 1. The second-order valence-corrected chi connectivity index (χ2v) is 8.71. The number of fused-ring (bicyclic) bond motifs is 1. The molecule has 2 N–H and O–H groups in total. The van der Waals surface area contributed by atoms with Crippen LogP contribution >= 0.6 is 11.6 Å². The summed E-state index contributed by atoms with van der Waals surface area (Å²) in [6.45, 7) is 3.29. The van der Waals surface area contributed by atoms with Gasteiger partial charge in [-0.05, 0) is 25.0 Å². The third-order valence-corrected chi connectivity index (χ3v) is 6.43. The molecule has 31 heavy (non-hydrogen) atoms. The molecule has 0 atom stereocenters. The number of hydrogen-bond acceptors (Lipinski definition) is 4. The molecule has 1 amide bonds. The summed E-state index contributed by atoms with van der Waals surface area (Å²) in [7, 11) is 2.10. The van der Waals surface area contributed by atoms with Gasteiger partial charge in [0, 0.05) is 55.4 Å². The normalized spacial score (nSPS) is 17.7. The SMILES string of the molecule is Cn1c(-c2ccccc2)c(N2CCNC(=O)C2)c2cc(Cl)cc(NC3CCOCC3)c21. The molecule has 3 heterocycles. The highest BCUT2D eigenvalue weighted by molar-refractivity contribution is 6.32. The van der Waals surface area contributed by atoms with Crippen LogP contribution in [0.1, 0.15) is 12.8 Å². The monoisotopic (exact) mass is 438 g/mol.